The van der Waals surface area contributed by atoms with Crippen LogP contribution in [0.3, 0.4) is 0 Å². The van der Waals surface area contributed by atoms with E-state index in [1.165, 1.54) is 6.07 Å². The van der Waals surface area contributed by atoms with E-state index in [-0.39, 0.29) is 6.04 Å². The molecule has 2 atom stereocenters. The van der Waals surface area contributed by atoms with Gasteiger partial charge in [-0.05, 0) is 44.2 Å². The molecule has 2 N–H and O–H groups in total. The number of ether oxygens (including phenoxy) is 2. The molecular weight excluding hydrogens is 342 g/mol. The van der Waals surface area contributed by atoms with Crippen molar-refractivity contribution >= 4 is 11.6 Å². The smallest absolute Gasteiger partial charge is 0.241 e. The lowest BCUT2D eigenvalue weighted by Crippen LogP contribution is -2.39. The van der Waals surface area contributed by atoms with Gasteiger partial charge in [-0.25, -0.2) is 8.78 Å². The van der Waals surface area contributed by atoms with Crippen LogP contribution in [0.25, 0.3) is 0 Å². The van der Waals surface area contributed by atoms with Crippen molar-refractivity contribution in [1.82, 2.24) is 5.32 Å². The van der Waals surface area contributed by atoms with Gasteiger partial charge in [0.1, 0.15) is 28.8 Å². The van der Waals surface area contributed by atoms with E-state index >= 15 is 0 Å². The Balaban J connectivity index is 2.11. The predicted octanol–water partition coefficient (Wildman–Crippen LogP) is 3.66. The van der Waals surface area contributed by atoms with Crippen molar-refractivity contribution in [2.24, 2.45) is 0 Å². The topological polar surface area (TPSA) is 59.6 Å². The molecule has 0 radical (unpaired) electrons. The largest absolute Gasteiger partial charge is 0.497 e. The summed E-state index contributed by atoms with van der Waals surface area (Å²) in [6.07, 6.45) is 0. The van der Waals surface area contributed by atoms with Crippen LogP contribution in [0.15, 0.2) is 36.4 Å². The molecule has 2 unspecified atom stereocenters. The van der Waals surface area contributed by atoms with Gasteiger partial charge in [-0.15, -0.1) is 0 Å². The number of carbonyl (C=O) groups is 1. The first kappa shape index (κ1) is 19.7. The molecule has 0 saturated carbocycles. The number of para-hydroxylation sites is 1. The first-order chi connectivity index (χ1) is 12.4. The van der Waals surface area contributed by atoms with Crippen LogP contribution in [0.1, 0.15) is 25.5 Å². The lowest BCUT2D eigenvalue weighted by Gasteiger charge is -2.22. The molecule has 2 aromatic carbocycles. The summed E-state index contributed by atoms with van der Waals surface area (Å²) in [7, 11) is 3.11. The molecule has 0 spiro atoms. The van der Waals surface area contributed by atoms with E-state index in [0.717, 1.165) is 17.7 Å². The molecule has 0 saturated heterocycles. The molecule has 0 bridgehead atoms. The van der Waals surface area contributed by atoms with E-state index in [2.05, 4.69) is 10.6 Å². The number of amides is 1. The van der Waals surface area contributed by atoms with Crippen LogP contribution >= 0.6 is 0 Å². The van der Waals surface area contributed by atoms with Gasteiger partial charge in [0.2, 0.25) is 5.91 Å². The molecule has 26 heavy (non-hydrogen) atoms. The number of halogens is 2. The molecule has 0 aliphatic heterocycles. The first-order valence-corrected chi connectivity index (χ1v) is 8.10. The summed E-state index contributed by atoms with van der Waals surface area (Å²) < 4.78 is 37.9. The summed E-state index contributed by atoms with van der Waals surface area (Å²) in [6, 6.07) is 7.77. The van der Waals surface area contributed by atoms with Crippen molar-refractivity contribution in [2.75, 3.05) is 19.5 Å². The fourth-order valence-corrected chi connectivity index (χ4v) is 2.57. The molecule has 2 rings (SSSR count). The minimum absolute atomic E-state index is 0.272. The van der Waals surface area contributed by atoms with Crippen molar-refractivity contribution in [3.63, 3.8) is 0 Å². The fraction of sp³-hybridized carbons (Fsp3) is 0.316. The van der Waals surface area contributed by atoms with Gasteiger partial charge in [0.05, 0.1) is 20.3 Å². The van der Waals surface area contributed by atoms with E-state index in [1.807, 2.05) is 6.92 Å². The molecule has 0 heterocycles. The van der Waals surface area contributed by atoms with Crippen molar-refractivity contribution in [2.45, 2.75) is 25.9 Å². The fourth-order valence-electron chi connectivity index (χ4n) is 2.57. The quantitative estimate of drug-likeness (QED) is 0.787. The summed E-state index contributed by atoms with van der Waals surface area (Å²) in [5, 5.41) is 5.37. The third-order valence-corrected chi connectivity index (χ3v) is 4.01. The number of anilines is 1. The second-order valence-corrected chi connectivity index (χ2v) is 5.80. The number of hydrogen-bond donors (Lipinski definition) is 2. The summed E-state index contributed by atoms with van der Waals surface area (Å²) in [6.45, 7) is 3.46. The summed E-state index contributed by atoms with van der Waals surface area (Å²) in [5.74, 6) is -0.914. The normalized spacial score (nSPS) is 13.0. The van der Waals surface area contributed by atoms with Crippen LogP contribution in [-0.4, -0.2) is 26.2 Å². The number of benzene rings is 2. The van der Waals surface area contributed by atoms with Crippen LogP contribution < -0.4 is 20.1 Å². The Hall–Kier alpha value is -2.67. The number of nitrogens with one attached hydrogen (secondary N) is 2. The maximum absolute atomic E-state index is 13.7. The highest BCUT2D eigenvalue weighted by Gasteiger charge is 2.21. The highest BCUT2D eigenvalue weighted by atomic mass is 19.1. The monoisotopic (exact) mass is 364 g/mol. The van der Waals surface area contributed by atoms with Crippen LogP contribution in [-0.2, 0) is 4.79 Å². The van der Waals surface area contributed by atoms with Gasteiger partial charge in [0, 0.05) is 11.6 Å². The molecule has 2 aromatic rings. The Morgan fingerprint density at radius 1 is 1.04 bits per heavy atom. The molecule has 0 fully saturated rings. The minimum Gasteiger partial charge on any atom is -0.497 e. The van der Waals surface area contributed by atoms with Crippen LogP contribution in [0.5, 0.6) is 11.5 Å². The molecule has 5 nitrogen and oxygen atoms in total. The van der Waals surface area contributed by atoms with Crippen LogP contribution in [0.4, 0.5) is 14.5 Å². The zero-order valence-corrected chi connectivity index (χ0v) is 15.1. The average molecular weight is 364 g/mol. The molecule has 0 aliphatic carbocycles. The number of carbonyl (C=O) groups excluding carboxylic acids is 1. The minimum atomic E-state index is -0.826. The van der Waals surface area contributed by atoms with Gasteiger partial charge in [-0.3, -0.25) is 10.1 Å². The molecule has 0 aliphatic rings. The number of hydrogen-bond acceptors (Lipinski definition) is 4. The Bertz CT molecular complexity index is 763. The van der Waals surface area contributed by atoms with Gasteiger partial charge >= 0.3 is 0 Å². The SMILES string of the molecule is COc1ccc(OC)c(C(C)NC(C)C(=O)Nc2c(F)cccc2F)c1. The Morgan fingerprint density at radius 2 is 1.69 bits per heavy atom. The highest BCUT2D eigenvalue weighted by molar-refractivity contribution is 5.94. The lowest BCUT2D eigenvalue weighted by molar-refractivity contribution is -0.118. The molecule has 140 valence electrons. The Morgan fingerprint density at radius 3 is 2.27 bits per heavy atom. The zero-order valence-electron chi connectivity index (χ0n) is 15.1. The van der Waals surface area contributed by atoms with E-state index in [1.54, 1.807) is 39.3 Å². The number of methoxy groups -OCH3 is 2. The molecule has 0 aromatic heterocycles. The second kappa shape index (κ2) is 8.62. The van der Waals surface area contributed by atoms with Crippen molar-refractivity contribution in [1.29, 1.82) is 0 Å². The van der Waals surface area contributed by atoms with Crippen LogP contribution in [0.2, 0.25) is 0 Å². The summed E-state index contributed by atoms with van der Waals surface area (Å²) in [5.41, 5.74) is 0.335. The third kappa shape index (κ3) is 4.49. The molecule has 1 amide bonds. The Labute approximate surface area is 151 Å². The summed E-state index contributed by atoms with van der Waals surface area (Å²) >= 11 is 0. The summed E-state index contributed by atoms with van der Waals surface area (Å²) in [4.78, 5) is 12.3. The first-order valence-electron chi connectivity index (χ1n) is 8.10. The molecular formula is C19H22F2N2O3. The van der Waals surface area contributed by atoms with E-state index in [0.29, 0.717) is 11.5 Å². The van der Waals surface area contributed by atoms with Crippen molar-refractivity contribution < 1.29 is 23.0 Å². The van der Waals surface area contributed by atoms with E-state index < -0.39 is 29.3 Å². The highest BCUT2D eigenvalue weighted by Crippen LogP contribution is 2.29. The van der Waals surface area contributed by atoms with Gasteiger partial charge < -0.3 is 14.8 Å². The lowest BCUT2D eigenvalue weighted by atomic mass is 10.1. The predicted molar refractivity (Wildman–Crippen MR) is 95.5 cm³/mol. The average Bonchev–Trinajstić information content (AvgIpc) is 2.63. The van der Waals surface area contributed by atoms with E-state index in [4.69, 9.17) is 9.47 Å². The maximum atomic E-state index is 13.7. The van der Waals surface area contributed by atoms with Crippen molar-refractivity contribution in [3.05, 3.63) is 53.6 Å². The van der Waals surface area contributed by atoms with Gasteiger partial charge in [-0.2, -0.15) is 0 Å². The van der Waals surface area contributed by atoms with Gasteiger partial charge in [0.15, 0.2) is 0 Å². The van der Waals surface area contributed by atoms with Gasteiger partial charge in [-0.1, -0.05) is 6.07 Å². The maximum Gasteiger partial charge on any atom is 0.241 e. The second-order valence-electron chi connectivity index (χ2n) is 5.80. The number of rotatable bonds is 7. The van der Waals surface area contributed by atoms with Crippen molar-refractivity contribution in [3.8, 4) is 11.5 Å². The Kier molecular flexibility index (Phi) is 6.52. The van der Waals surface area contributed by atoms with Crippen LogP contribution in [0, 0.1) is 11.6 Å². The zero-order chi connectivity index (χ0) is 19.3. The van der Waals surface area contributed by atoms with E-state index in [9.17, 15) is 13.6 Å². The molecule has 7 heteroatoms. The van der Waals surface area contributed by atoms with Gasteiger partial charge in [0.25, 0.3) is 0 Å². The standard InChI is InChI=1S/C19H22F2N2O3/c1-11(14-10-13(25-3)8-9-17(14)26-4)22-12(2)19(24)23-18-15(20)6-5-7-16(18)21/h5-12,22H,1-4H3,(H,23,24). The third-order valence-electron chi connectivity index (χ3n) is 4.01.